The number of carbonyl (C=O) groups is 1. The number of carbonyl (C=O) groups excluding carboxylic acids is 1. The number of nitrogens with zero attached hydrogens (tertiary/aromatic N) is 1. The maximum absolute atomic E-state index is 11.4. The second kappa shape index (κ2) is 5.87. The van der Waals surface area contributed by atoms with E-state index in [2.05, 4.69) is 4.90 Å². The summed E-state index contributed by atoms with van der Waals surface area (Å²) in [6.07, 6.45) is 0.886. The molecule has 4 nitrogen and oxygen atoms in total. The van der Waals surface area contributed by atoms with Crippen LogP contribution in [-0.4, -0.2) is 43.7 Å². The van der Waals surface area contributed by atoms with Gasteiger partial charge in [0.05, 0.1) is 7.11 Å². The van der Waals surface area contributed by atoms with Gasteiger partial charge in [0.1, 0.15) is 18.4 Å². The molecule has 0 aliphatic carbocycles. The van der Waals surface area contributed by atoms with E-state index >= 15 is 0 Å². The lowest BCUT2D eigenvalue weighted by atomic mass is 10.0. The molecule has 98 valence electrons. The number of ether oxygens (including phenoxy) is 2. The van der Waals surface area contributed by atoms with Gasteiger partial charge in [-0.2, -0.15) is 0 Å². The molecule has 0 saturated carbocycles. The van der Waals surface area contributed by atoms with Crippen molar-refractivity contribution in [2.45, 2.75) is 19.4 Å². The van der Waals surface area contributed by atoms with Crippen LogP contribution < -0.4 is 4.74 Å². The molecule has 1 atom stereocenters. The van der Waals surface area contributed by atoms with Crippen LogP contribution >= 0.6 is 0 Å². The van der Waals surface area contributed by atoms with Gasteiger partial charge in [-0.1, -0.05) is 12.1 Å². The Morgan fingerprint density at radius 2 is 2.33 bits per heavy atom. The number of hydrogen-bond acceptors (Lipinski definition) is 4. The molecule has 0 amide bonds. The first-order valence-electron chi connectivity index (χ1n) is 6.22. The van der Waals surface area contributed by atoms with Crippen LogP contribution in [0.1, 0.15) is 12.0 Å². The second-order valence-electron chi connectivity index (χ2n) is 4.53. The van der Waals surface area contributed by atoms with Crippen LogP contribution in [0, 0.1) is 6.92 Å². The lowest BCUT2D eigenvalue weighted by Gasteiger charge is -2.38. The van der Waals surface area contributed by atoms with Crippen LogP contribution in [0.2, 0.25) is 0 Å². The summed E-state index contributed by atoms with van der Waals surface area (Å²) in [4.78, 5) is 13.5. The zero-order chi connectivity index (χ0) is 13.0. The molecule has 1 aliphatic heterocycles. The summed E-state index contributed by atoms with van der Waals surface area (Å²) in [6, 6.07) is 7.90. The number of methoxy groups -OCH3 is 1. The highest BCUT2D eigenvalue weighted by molar-refractivity contribution is 5.76. The van der Waals surface area contributed by atoms with Crippen molar-refractivity contribution in [3.8, 4) is 5.75 Å². The predicted octanol–water partition coefficient (Wildman–Crippen LogP) is 1.62. The zero-order valence-electron chi connectivity index (χ0n) is 10.9. The van der Waals surface area contributed by atoms with E-state index in [0.29, 0.717) is 6.61 Å². The third-order valence-electron chi connectivity index (χ3n) is 3.24. The Labute approximate surface area is 107 Å². The number of rotatable bonds is 5. The summed E-state index contributed by atoms with van der Waals surface area (Å²) in [5.74, 6) is 0.738. The minimum atomic E-state index is -0.142. The molecule has 1 heterocycles. The average Bonchev–Trinajstić information content (AvgIpc) is 2.33. The van der Waals surface area contributed by atoms with Crippen LogP contribution in [0.4, 0.5) is 0 Å². The molecule has 0 N–H and O–H groups in total. The molecular formula is C14H19NO3. The molecule has 1 saturated heterocycles. The normalized spacial score (nSPS) is 19.1. The Hall–Kier alpha value is -1.55. The van der Waals surface area contributed by atoms with E-state index in [1.54, 1.807) is 0 Å². The molecule has 1 aromatic rings. The van der Waals surface area contributed by atoms with E-state index in [-0.39, 0.29) is 12.0 Å². The van der Waals surface area contributed by atoms with Gasteiger partial charge >= 0.3 is 5.97 Å². The van der Waals surface area contributed by atoms with Gasteiger partial charge in [-0.25, -0.2) is 0 Å². The molecule has 1 aliphatic rings. The van der Waals surface area contributed by atoms with Crippen molar-refractivity contribution in [3.05, 3.63) is 29.8 Å². The van der Waals surface area contributed by atoms with Crippen LogP contribution in [-0.2, 0) is 9.53 Å². The monoisotopic (exact) mass is 249 g/mol. The van der Waals surface area contributed by atoms with Crippen LogP contribution in [0.15, 0.2) is 24.3 Å². The largest absolute Gasteiger partial charge is 0.492 e. The standard InChI is InChI=1S/C14H19NO3/c1-11-4-3-5-12(10-11)18-9-8-15-7-6-13(15)14(16)17-2/h3-5,10,13H,6-9H2,1-2H3. The van der Waals surface area contributed by atoms with E-state index in [9.17, 15) is 4.79 Å². The van der Waals surface area contributed by atoms with Gasteiger partial charge < -0.3 is 9.47 Å². The lowest BCUT2D eigenvalue weighted by Crippen LogP contribution is -2.53. The topological polar surface area (TPSA) is 38.8 Å². The Bertz CT molecular complexity index is 419. The van der Waals surface area contributed by atoms with Gasteiger partial charge in [0.25, 0.3) is 0 Å². The van der Waals surface area contributed by atoms with Crippen LogP contribution in [0.25, 0.3) is 0 Å². The van der Waals surface area contributed by atoms with Crippen molar-refractivity contribution in [1.29, 1.82) is 0 Å². The van der Waals surface area contributed by atoms with E-state index in [0.717, 1.165) is 25.3 Å². The molecule has 1 aromatic carbocycles. The van der Waals surface area contributed by atoms with E-state index in [4.69, 9.17) is 9.47 Å². The number of benzene rings is 1. The van der Waals surface area contributed by atoms with E-state index < -0.39 is 0 Å². The molecule has 4 heteroatoms. The summed E-state index contributed by atoms with van der Waals surface area (Å²) < 4.78 is 10.4. The van der Waals surface area contributed by atoms with Gasteiger partial charge in [0.15, 0.2) is 0 Å². The molecule has 1 unspecified atom stereocenters. The molecular weight excluding hydrogens is 230 g/mol. The minimum absolute atomic E-state index is 0.0730. The summed E-state index contributed by atoms with van der Waals surface area (Å²) in [7, 11) is 1.43. The van der Waals surface area contributed by atoms with E-state index in [1.165, 1.54) is 12.7 Å². The number of hydrogen-bond donors (Lipinski definition) is 0. The lowest BCUT2D eigenvalue weighted by molar-refractivity contribution is -0.152. The molecule has 1 fully saturated rings. The molecule has 0 radical (unpaired) electrons. The Balaban J connectivity index is 1.74. The van der Waals surface area contributed by atoms with Crippen molar-refractivity contribution in [1.82, 2.24) is 4.90 Å². The summed E-state index contributed by atoms with van der Waals surface area (Å²) in [5, 5.41) is 0. The average molecular weight is 249 g/mol. The van der Waals surface area contributed by atoms with Gasteiger partial charge in [-0.3, -0.25) is 9.69 Å². The SMILES string of the molecule is COC(=O)C1CCN1CCOc1cccc(C)c1. The Morgan fingerprint density at radius 1 is 1.50 bits per heavy atom. The fraction of sp³-hybridized carbons (Fsp3) is 0.500. The summed E-state index contributed by atoms with van der Waals surface area (Å²) in [6.45, 7) is 4.33. The van der Waals surface area contributed by atoms with Gasteiger partial charge in [0, 0.05) is 13.1 Å². The van der Waals surface area contributed by atoms with Gasteiger partial charge in [-0.05, 0) is 31.0 Å². The fourth-order valence-corrected chi connectivity index (χ4v) is 2.10. The zero-order valence-corrected chi connectivity index (χ0v) is 10.9. The highest BCUT2D eigenvalue weighted by atomic mass is 16.5. The molecule has 0 aromatic heterocycles. The summed E-state index contributed by atoms with van der Waals surface area (Å²) in [5.41, 5.74) is 1.18. The Kier molecular flexibility index (Phi) is 4.20. The molecule has 18 heavy (non-hydrogen) atoms. The maximum atomic E-state index is 11.4. The third-order valence-corrected chi connectivity index (χ3v) is 3.24. The fourth-order valence-electron chi connectivity index (χ4n) is 2.10. The van der Waals surface area contributed by atoms with Crippen molar-refractivity contribution < 1.29 is 14.3 Å². The first-order valence-corrected chi connectivity index (χ1v) is 6.22. The smallest absolute Gasteiger partial charge is 0.323 e. The predicted molar refractivity (Wildman–Crippen MR) is 68.7 cm³/mol. The van der Waals surface area contributed by atoms with E-state index in [1.807, 2.05) is 31.2 Å². The van der Waals surface area contributed by atoms with Crippen molar-refractivity contribution >= 4 is 5.97 Å². The van der Waals surface area contributed by atoms with Crippen molar-refractivity contribution in [2.75, 3.05) is 26.8 Å². The maximum Gasteiger partial charge on any atom is 0.323 e. The summed E-state index contributed by atoms with van der Waals surface area (Å²) >= 11 is 0. The second-order valence-corrected chi connectivity index (χ2v) is 4.53. The van der Waals surface area contributed by atoms with Crippen molar-refractivity contribution in [3.63, 3.8) is 0 Å². The van der Waals surface area contributed by atoms with Crippen LogP contribution in [0.5, 0.6) is 5.75 Å². The minimum Gasteiger partial charge on any atom is -0.492 e. The number of likely N-dealkylation sites (tertiary alicyclic amines) is 1. The number of aryl methyl sites for hydroxylation is 1. The quantitative estimate of drug-likeness (QED) is 0.743. The molecule has 0 bridgehead atoms. The Morgan fingerprint density at radius 3 is 2.94 bits per heavy atom. The van der Waals surface area contributed by atoms with Crippen molar-refractivity contribution in [2.24, 2.45) is 0 Å². The van der Waals surface area contributed by atoms with Crippen LogP contribution in [0.3, 0.4) is 0 Å². The highest BCUT2D eigenvalue weighted by Crippen LogP contribution is 2.18. The molecule has 0 spiro atoms. The molecule has 2 rings (SSSR count). The van der Waals surface area contributed by atoms with Gasteiger partial charge in [-0.15, -0.1) is 0 Å². The first kappa shape index (κ1) is 12.9. The third kappa shape index (κ3) is 3.01. The highest BCUT2D eigenvalue weighted by Gasteiger charge is 2.34. The van der Waals surface area contributed by atoms with Gasteiger partial charge in [0.2, 0.25) is 0 Å². The number of esters is 1. The first-order chi connectivity index (χ1) is 8.70.